The van der Waals surface area contributed by atoms with E-state index >= 15 is 0 Å². The summed E-state index contributed by atoms with van der Waals surface area (Å²) in [7, 11) is -2.61. The van der Waals surface area contributed by atoms with E-state index < -0.39 is 29.4 Å². The molecule has 0 spiro atoms. The van der Waals surface area contributed by atoms with Crippen molar-refractivity contribution in [3.05, 3.63) is 64.7 Å². The lowest BCUT2D eigenvalue weighted by atomic mass is 10.3. The Labute approximate surface area is 171 Å². The Balaban J connectivity index is 2.41. The van der Waals surface area contributed by atoms with Crippen molar-refractivity contribution in [3.63, 3.8) is 0 Å². The molecule has 0 atom stereocenters. The number of hydrogen-bond donors (Lipinski definition) is 0. The van der Waals surface area contributed by atoms with Crippen LogP contribution in [0.3, 0.4) is 0 Å². The van der Waals surface area contributed by atoms with Gasteiger partial charge >= 0.3 is 8.80 Å². The van der Waals surface area contributed by atoms with Crippen molar-refractivity contribution in [2.75, 3.05) is 32.2 Å². The van der Waals surface area contributed by atoms with E-state index in [9.17, 15) is 18.5 Å². The predicted octanol–water partition coefficient (Wildman–Crippen LogP) is 3.06. The second-order valence-corrected chi connectivity index (χ2v) is 11.0. The number of para-hydroxylation sites is 2. The zero-order chi connectivity index (χ0) is 21.5. The monoisotopic (exact) mass is 440 g/mol. The number of rotatable bonds is 11. The maximum Gasteiger partial charge on any atom is 0.500 e. The highest BCUT2D eigenvalue weighted by atomic mass is 32.2. The first kappa shape index (κ1) is 23.0. The Bertz CT molecular complexity index is 913. The zero-order valence-corrected chi connectivity index (χ0v) is 18.3. The van der Waals surface area contributed by atoms with Crippen LogP contribution in [-0.2, 0) is 23.3 Å². The molecule has 11 heteroatoms. The maximum atomic E-state index is 13.4. The van der Waals surface area contributed by atoms with E-state index in [1.54, 1.807) is 30.3 Å². The van der Waals surface area contributed by atoms with Crippen molar-refractivity contribution in [2.24, 2.45) is 0 Å². The summed E-state index contributed by atoms with van der Waals surface area (Å²) in [6.45, 7) is 0.0726. The molecule has 0 saturated carbocycles. The summed E-state index contributed by atoms with van der Waals surface area (Å²) in [6.07, 6.45) is 0.372. The molecule has 0 aliphatic carbocycles. The number of benzene rings is 2. The highest BCUT2D eigenvalue weighted by molar-refractivity contribution is 7.93. The molecule has 158 valence electrons. The first-order chi connectivity index (χ1) is 13.8. The molecular formula is C18H24N2O7SSi. The van der Waals surface area contributed by atoms with E-state index in [4.69, 9.17) is 13.3 Å². The highest BCUT2D eigenvalue weighted by Gasteiger charge is 2.38. The molecule has 0 aliphatic heterocycles. The van der Waals surface area contributed by atoms with Crippen LogP contribution in [0.25, 0.3) is 0 Å². The first-order valence-electron chi connectivity index (χ1n) is 8.78. The molecule has 2 aromatic carbocycles. The predicted molar refractivity (Wildman–Crippen MR) is 110 cm³/mol. The van der Waals surface area contributed by atoms with E-state index in [1.807, 2.05) is 0 Å². The standard InChI is InChI=1S/C18H24N2O7SSi/c1-25-29(26-2,27-3)15-9-14-19(16-10-5-4-6-11-16)28(23,24)18-13-8-7-12-17(18)20(21)22/h4-8,10-13H,9,14-15H2,1-3H3. The highest BCUT2D eigenvalue weighted by Crippen LogP contribution is 2.30. The van der Waals surface area contributed by atoms with Crippen molar-refractivity contribution >= 4 is 30.2 Å². The van der Waals surface area contributed by atoms with E-state index in [1.165, 1.54) is 45.6 Å². The summed E-state index contributed by atoms with van der Waals surface area (Å²) in [5, 5.41) is 11.4. The third-order valence-corrected chi connectivity index (χ3v) is 9.16. The van der Waals surface area contributed by atoms with Gasteiger partial charge in [-0.25, -0.2) is 8.42 Å². The molecule has 0 heterocycles. The lowest BCUT2D eigenvalue weighted by Crippen LogP contribution is -2.43. The Hall–Kier alpha value is -2.31. The van der Waals surface area contributed by atoms with Gasteiger partial charge in [0.2, 0.25) is 0 Å². The van der Waals surface area contributed by atoms with Crippen molar-refractivity contribution in [1.82, 2.24) is 0 Å². The molecule has 0 radical (unpaired) electrons. The molecule has 0 aromatic heterocycles. The van der Waals surface area contributed by atoms with Gasteiger partial charge in [-0.1, -0.05) is 30.3 Å². The van der Waals surface area contributed by atoms with Gasteiger partial charge in [0.05, 0.1) is 10.6 Å². The minimum Gasteiger partial charge on any atom is -0.377 e. The molecular weight excluding hydrogens is 416 g/mol. The lowest BCUT2D eigenvalue weighted by Gasteiger charge is -2.27. The molecule has 0 N–H and O–H groups in total. The van der Waals surface area contributed by atoms with Gasteiger partial charge in [0.15, 0.2) is 4.90 Å². The summed E-state index contributed by atoms with van der Waals surface area (Å²) >= 11 is 0. The summed E-state index contributed by atoms with van der Waals surface area (Å²) in [5.74, 6) is 0. The van der Waals surface area contributed by atoms with Crippen molar-refractivity contribution in [3.8, 4) is 0 Å². The van der Waals surface area contributed by atoms with Gasteiger partial charge in [0, 0.05) is 40.0 Å². The van der Waals surface area contributed by atoms with Gasteiger partial charge in [0.1, 0.15) is 0 Å². The summed E-state index contributed by atoms with van der Waals surface area (Å²) in [4.78, 5) is 10.3. The van der Waals surface area contributed by atoms with Crippen LogP contribution in [0.4, 0.5) is 11.4 Å². The zero-order valence-electron chi connectivity index (χ0n) is 16.5. The maximum absolute atomic E-state index is 13.4. The number of sulfonamides is 1. The quantitative estimate of drug-likeness (QED) is 0.300. The van der Waals surface area contributed by atoms with Crippen LogP contribution in [0.1, 0.15) is 6.42 Å². The molecule has 2 aromatic rings. The molecule has 0 unspecified atom stereocenters. The fraction of sp³-hybridized carbons (Fsp3) is 0.333. The summed E-state index contributed by atoms with van der Waals surface area (Å²) in [5.41, 5.74) is -0.0620. The molecule has 0 bridgehead atoms. The Morgan fingerprint density at radius 3 is 2.07 bits per heavy atom. The van der Waals surface area contributed by atoms with E-state index in [-0.39, 0.29) is 11.4 Å². The van der Waals surface area contributed by atoms with Gasteiger partial charge < -0.3 is 13.3 Å². The van der Waals surface area contributed by atoms with Crippen LogP contribution >= 0.6 is 0 Å². The summed E-state index contributed by atoms with van der Waals surface area (Å²) < 4.78 is 44.0. The smallest absolute Gasteiger partial charge is 0.377 e. The molecule has 0 amide bonds. The van der Waals surface area contributed by atoms with Crippen LogP contribution < -0.4 is 4.31 Å². The number of nitrogens with zero attached hydrogens (tertiary/aromatic N) is 2. The molecule has 29 heavy (non-hydrogen) atoms. The lowest BCUT2D eigenvalue weighted by molar-refractivity contribution is -0.387. The average molecular weight is 441 g/mol. The Morgan fingerprint density at radius 2 is 1.52 bits per heavy atom. The minimum absolute atomic E-state index is 0.0726. The van der Waals surface area contributed by atoms with Gasteiger partial charge in [-0.05, 0) is 24.6 Å². The first-order valence-corrected chi connectivity index (χ1v) is 12.1. The van der Waals surface area contributed by atoms with Crippen LogP contribution in [0.2, 0.25) is 6.04 Å². The third-order valence-electron chi connectivity index (χ3n) is 4.45. The molecule has 2 rings (SSSR count). The largest absolute Gasteiger partial charge is 0.500 e. The Kier molecular flexibility index (Phi) is 7.87. The Morgan fingerprint density at radius 1 is 0.966 bits per heavy atom. The van der Waals surface area contributed by atoms with Gasteiger partial charge in [0.25, 0.3) is 15.7 Å². The van der Waals surface area contributed by atoms with Crippen LogP contribution in [0.5, 0.6) is 0 Å². The second kappa shape index (κ2) is 9.94. The normalized spacial score (nSPS) is 12.0. The molecule has 0 fully saturated rings. The van der Waals surface area contributed by atoms with E-state index in [0.717, 1.165) is 4.31 Å². The fourth-order valence-corrected chi connectivity index (χ4v) is 6.29. The van der Waals surface area contributed by atoms with Gasteiger partial charge in [-0.15, -0.1) is 0 Å². The van der Waals surface area contributed by atoms with Gasteiger partial charge in [-0.2, -0.15) is 0 Å². The van der Waals surface area contributed by atoms with E-state index in [0.29, 0.717) is 18.2 Å². The van der Waals surface area contributed by atoms with E-state index in [2.05, 4.69) is 0 Å². The fourth-order valence-electron chi connectivity index (χ4n) is 2.92. The number of nitro groups is 1. The minimum atomic E-state index is -4.18. The second-order valence-electron chi connectivity index (χ2n) is 6.04. The van der Waals surface area contributed by atoms with Crippen LogP contribution in [0, 0.1) is 10.1 Å². The number of nitro benzene ring substituents is 1. The molecule has 0 saturated heterocycles. The van der Waals surface area contributed by atoms with Crippen molar-refractivity contribution in [1.29, 1.82) is 0 Å². The van der Waals surface area contributed by atoms with Crippen LogP contribution in [-0.4, -0.2) is 50.0 Å². The summed E-state index contributed by atoms with van der Waals surface area (Å²) in [6, 6.07) is 14.1. The topological polar surface area (TPSA) is 108 Å². The number of hydrogen-bond acceptors (Lipinski definition) is 7. The van der Waals surface area contributed by atoms with Crippen LogP contribution in [0.15, 0.2) is 59.5 Å². The third kappa shape index (κ3) is 5.19. The van der Waals surface area contributed by atoms with Gasteiger partial charge in [-0.3, -0.25) is 14.4 Å². The van der Waals surface area contributed by atoms with Crippen molar-refractivity contribution < 1.29 is 26.6 Å². The van der Waals surface area contributed by atoms with Crippen molar-refractivity contribution in [2.45, 2.75) is 17.4 Å². The SMILES string of the molecule is CO[Si](CCCN(c1ccccc1)S(=O)(=O)c1ccccc1[N+](=O)[O-])(OC)OC. The molecule has 0 aliphatic rings. The molecule has 9 nitrogen and oxygen atoms in total. The number of anilines is 1. The average Bonchev–Trinajstić information content (AvgIpc) is 2.75.